The van der Waals surface area contributed by atoms with Crippen molar-refractivity contribution in [3.8, 4) is 0 Å². The number of carbonyl (C=O) groups excluding carboxylic acids is 2. The molecule has 2 atom stereocenters. The van der Waals surface area contributed by atoms with Gasteiger partial charge < -0.3 is 15.4 Å². The maximum Gasteiger partial charge on any atom is 0.408 e. The molecule has 0 aliphatic rings. The van der Waals surface area contributed by atoms with E-state index in [1.807, 2.05) is 0 Å². The molecule has 0 fully saturated rings. The summed E-state index contributed by atoms with van der Waals surface area (Å²) in [6.45, 7) is 11.4. The molecule has 0 aromatic rings. The SMILES string of the molecule is CC(C)OS(=O)(=O)/C=C/[C@H](C)NC(=O)[C@H](C)NC(=O)OC(C)(C)C. The van der Waals surface area contributed by atoms with E-state index in [9.17, 15) is 18.0 Å². The Labute approximate surface area is 144 Å². The van der Waals surface area contributed by atoms with Gasteiger partial charge in [0.2, 0.25) is 5.91 Å². The highest BCUT2D eigenvalue weighted by atomic mass is 32.2. The molecule has 0 saturated carbocycles. The summed E-state index contributed by atoms with van der Waals surface area (Å²) in [6, 6.07) is -1.40. The summed E-state index contributed by atoms with van der Waals surface area (Å²) in [5, 5.41) is 5.85. The molecule has 0 radical (unpaired) electrons. The van der Waals surface area contributed by atoms with Crippen molar-refractivity contribution in [3.05, 3.63) is 11.5 Å². The molecule has 0 bridgehead atoms. The van der Waals surface area contributed by atoms with Crippen LogP contribution in [0.15, 0.2) is 11.5 Å². The number of hydrogen-bond donors (Lipinski definition) is 2. The van der Waals surface area contributed by atoms with Crippen LogP contribution >= 0.6 is 0 Å². The summed E-state index contributed by atoms with van der Waals surface area (Å²) in [6.07, 6.45) is 0.111. The first kappa shape index (κ1) is 22.4. The minimum atomic E-state index is -3.79. The van der Waals surface area contributed by atoms with Crippen LogP contribution in [0.1, 0.15) is 48.5 Å². The van der Waals surface area contributed by atoms with Crippen molar-refractivity contribution in [1.29, 1.82) is 0 Å². The van der Waals surface area contributed by atoms with Crippen molar-refractivity contribution in [3.63, 3.8) is 0 Å². The molecule has 0 aliphatic heterocycles. The summed E-state index contributed by atoms with van der Waals surface area (Å²) in [7, 11) is -3.79. The number of ether oxygens (including phenoxy) is 1. The maximum atomic E-state index is 12.0. The average molecular weight is 364 g/mol. The van der Waals surface area contributed by atoms with E-state index < -0.39 is 45.9 Å². The molecule has 0 heterocycles. The second-order valence-electron chi connectivity index (χ2n) is 6.63. The fourth-order valence-corrected chi connectivity index (χ4v) is 2.49. The Balaban J connectivity index is 4.52. The van der Waals surface area contributed by atoms with E-state index in [0.717, 1.165) is 5.41 Å². The third-order valence-electron chi connectivity index (χ3n) is 2.36. The summed E-state index contributed by atoms with van der Waals surface area (Å²) in [5.41, 5.74) is -0.666. The average Bonchev–Trinajstić information content (AvgIpc) is 2.32. The second kappa shape index (κ2) is 9.03. The van der Waals surface area contributed by atoms with Crippen LogP contribution in [0.25, 0.3) is 0 Å². The molecule has 0 aliphatic carbocycles. The van der Waals surface area contributed by atoms with Crippen LogP contribution in [-0.2, 0) is 23.8 Å². The lowest BCUT2D eigenvalue weighted by atomic mass is 10.2. The summed E-state index contributed by atoms with van der Waals surface area (Å²) in [4.78, 5) is 23.6. The van der Waals surface area contributed by atoms with Gasteiger partial charge in [0.05, 0.1) is 11.5 Å². The van der Waals surface area contributed by atoms with Crippen molar-refractivity contribution >= 4 is 22.1 Å². The number of alkyl carbamates (subject to hydrolysis) is 1. The highest BCUT2D eigenvalue weighted by Crippen LogP contribution is 2.07. The fourth-order valence-electron chi connectivity index (χ4n) is 1.46. The Kier molecular flexibility index (Phi) is 8.42. The summed E-state index contributed by atoms with van der Waals surface area (Å²) in [5.74, 6) is -0.472. The molecule has 9 heteroatoms. The van der Waals surface area contributed by atoms with E-state index in [-0.39, 0.29) is 0 Å². The van der Waals surface area contributed by atoms with E-state index in [1.54, 1.807) is 41.5 Å². The van der Waals surface area contributed by atoms with Crippen LogP contribution in [0, 0.1) is 0 Å². The van der Waals surface area contributed by atoms with Crippen LogP contribution < -0.4 is 10.6 Å². The molecular formula is C15H28N2O6S. The number of hydrogen-bond acceptors (Lipinski definition) is 6. The van der Waals surface area contributed by atoms with Crippen LogP contribution in [0.4, 0.5) is 4.79 Å². The minimum absolute atomic E-state index is 0.470. The third-order valence-corrected chi connectivity index (χ3v) is 3.50. The molecule has 0 rings (SSSR count). The van der Waals surface area contributed by atoms with Gasteiger partial charge in [-0.1, -0.05) is 0 Å². The van der Waals surface area contributed by atoms with Gasteiger partial charge in [-0.05, 0) is 54.5 Å². The van der Waals surface area contributed by atoms with Crippen LogP contribution in [0.5, 0.6) is 0 Å². The monoisotopic (exact) mass is 364 g/mol. The van der Waals surface area contributed by atoms with Crippen molar-refractivity contribution in [2.24, 2.45) is 0 Å². The zero-order valence-corrected chi connectivity index (χ0v) is 16.1. The predicted octanol–water partition coefficient (Wildman–Crippen LogP) is 1.67. The molecule has 2 amide bonds. The van der Waals surface area contributed by atoms with Gasteiger partial charge in [0.25, 0.3) is 10.1 Å². The first-order chi connectivity index (χ1) is 10.7. The largest absolute Gasteiger partial charge is 0.444 e. The van der Waals surface area contributed by atoms with Gasteiger partial charge in [0.1, 0.15) is 11.6 Å². The molecule has 0 aromatic heterocycles. The predicted molar refractivity (Wildman–Crippen MR) is 90.7 cm³/mol. The van der Waals surface area contributed by atoms with E-state index in [4.69, 9.17) is 8.92 Å². The molecule has 0 saturated heterocycles. The van der Waals surface area contributed by atoms with Crippen molar-refractivity contribution < 1.29 is 26.9 Å². The zero-order valence-electron chi connectivity index (χ0n) is 15.2. The van der Waals surface area contributed by atoms with Crippen molar-refractivity contribution in [2.75, 3.05) is 0 Å². The van der Waals surface area contributed by atoms with Gasteiger partial charge >= 0.3 is 6.09 Å². The molecule has 8 nitrogen and oxygen atoms in total. The van der Waals surface area contributed by atoms with Gasteiger partial charge in [0, 0.05) is 6.04 Å². The highest BCUT2D eigenvalue weighted by molar-refractivity contribution is 7.89. The standard InChI is InChI=1S/C15H28N2O6S/c1-10(2)23-24(20,21)9-8-11(3)16-13(18)12(4)17-14(19)22-15(5,6)7/h8-12H,1-7H3,(H,16,18)(H,17,19)/b9-8+/t11-,12-/m0/s1. The topological polar surface area (TPSA) is 111 Å². The Morgan fingerprint density at radius 3 is 2.04 bits per heavy atom. The molecule has 0 spiro atoms. The highest BCUT2D eigenvalue weighted by Gasteiger charge is 2.21. The van der Waals surface area contributed by atoms with Crippen LogP contribution in [0.3, 0.4) is 0 Å². The van der Waals surface area contributed by atoms with Crippen molar-refractivity contribution in [1.82, 2.24) is 10.6 Å². The Morgan fingerprint density at radius 2 is 1.58 bits per heavy atom. The number of carbonyl (C=O) groups is 2. The third kappa shape index (κ3) is 11.0. The molecule has 140 valence electrons. The smallest absolute Gasteiger partial charge is 0.408 e. The van der Waals surface area contributed by atoms with Crippen molar-refractivity contribution in [2.45, 2.75) is 72.3 Å². The lowest BCUT2D eigenvalue weighted by molar-refractivity contribution is -0.123. The second-order valence-corrected chi connectivity index (χ2v) is 8.08. The van der Waals surface area contributed by atoms with Crippen LogP contribution in [-0.4, -0.2) is 44.2 Å². The zero-order chi connectivity index (χ0) is 19.1. The first-order valence-corrected chi connectivity index (χ1v) is 9.10. The minimum Gasteiger partial charge on any atom is -0.444 e. The maximum absolute atomic E-state index is 12.0. The number of rotatable bonds is 7. The Morgan fingerprint density at radius 1 is 1.04 bits per heavy atom. The van der Waals surface area contributed by atoms with E-state index in [1.165, 1.54) is 13.0 Å². The quantitative estimate of drug-likeness (QED) is 0.665. The Bertz CT molecular complexity index is 563. The first-order valence-electron chi connectivity index (χ1n) is 7.63. The molecule has 24 heavy (non-hydrogen) atoms. The van der Waals surface area contributed by atoms with Gasteiger partial charge in [-0.3, -0.25) is 8.98 Å². The van der Waals surface area contributed by atoms with Gasteiger partial charge in [-0.15, -0.1) is 0 Å². The molecular weight excluding hydrogens is 336 g/mol. The van der Waals surface area contributed by atoms with Crippen LogP contribution in [0.2, 0.25) is 0 Å². The lowest BCUT2D eigenvalue weighted by Gasteiger charge is -2.22. The molecule has 0 unspecified atom stereocenters. The van der Waals surface area contributed by atoms with Gasteiger partial charge in [-0.2, -0.15) is 8.42 Å². The van der Waals surface area contributed by atoms with E-state index >= 15 is 0 Å². The number of amides is 2. The van der Waals surface area contributed by atoms with Gasteiger partial charge in [-0.25, -0.2) is 4.79 Å². The normalized spacial score (nSPS) is 15.2. The summed E-state index contributed by atoms with van der Waals surface area (Å²) >= 11 is 0. The molecule has 2 N–H and O–H groups in total. The van der Waals surface area contributed by atoms with E-state index in [2.05, 4.69) is 10.6 Å². The van der Waals surface area contributed by atoms with Gasteiger partial charge in [0.15, 0.2) is 0 Å². The Hall–Kier alpha value is -1.61. The fraction of sp³-hybridized carbons (Fsp3) is 0.733. The molecule has 0 aromatic carbocycles. The summed E-state index contributed by atoms with van der Waals surface area (Å²) < 4.78 is 32.9. The van der Waals surface area contributed by atoms with E-state index in [0.29, 0.717) is 0 Å². The number of nitrogens with one attached hydrogen (secondary N) is 2. The lowest BCUT2D eigenvalue weighted by Crippen LogP contribution is -2.48.